The Morgan fingerprint density at radius 1 is 1.46 bits per heavy atom. The molecule has 0 bridgehead atoms. The first-order valence-corrected chi connectivity index (χ1v) is 3.60. The lowest BCUT2D eigenvalue weighted by molar-refractivity contribution is -0.137. The molecule has 1 heterocycles. The topological polar surface area (TPSA) is 32.9 Å². The Morgan fingerprint density at radius 3 is 2.31 bits per heavy atom. The largest absolute Gasteiger partial charge is 0.418 e. The fourth-order valence-corrected chi connectivity index (χ4v) is 1.20. The molecule has 5 heteroatoms. The fourth-order valence-electron chi connectivity index (χ4n) is 1.20. The van der Waals surface area contributed by atoms with Gasteiger partial charge in [-0.2, -0.15) is 13.2 Å². The second kappa shape index (κ2) is 2.90. The van der Waals surface area contributed by atoms with E-state index in [9.17, 15) is 18.0 Å². The molecule has 0 saturated carbocycles. The molecule has 2 nitrogen and oxygen atoms in total. The van der Waals surface area contributed by atoms with Gasteiger partial charge < -0.3 is 4.98 Å². The van der Waals surface area contributed by atoms with Crippen LogP contribution in [0.15, 0.2) is 6.20 Å². The first kappa shape index (κ1) is 9.83. The minimum absolute atomic E-state index is 0.250. The third kappa shape index (κ3) is 1.74. The molecule has 1 rings (SSSR count). The maximum atomic E-state index is 12.2. The molecular formula is C8H8F3NO. The molecule has 1 aromatic rings. The highest BCUT2D eigenvalue weighted by atomic mass is 19.4. The second-order valence-corrected chi connectivity index (χ2v) is 2.76. The van der Waals surface area contributed by atoms with E-state index in [0.29, 0.717) is 0 Å². The van der Waals surface area contributed by atoms with Crippen molar-refractivity contribution in [3.63, 3.8) is 0 Å². The minimum Gasteiger partial charge on any atom is -0.364 e. The van der Waals surface area contributed by atoms with Crippen LogP contribution < -0.4 is 0 Å². The van der Waals surface area contributed by atoms with E-state index >= 15 is 0 Å². The summed E-state index contributed by atoms with van der Waals surface area (Å²) in [7, 11) is 0. The van der Waals surface area contributed by atoms with Crippen molar-refractivity contribution in [3.05, 3.63) is 23.0 Å². The lowest BCUT2D eigenvalue weighted by Gasteiger charge is -2.05. The van der Waals surface area contributed by atoms with Crippen LogP contribution in [0, 0.1) is 6.92 Å². The Bertz CT molecular complexity index is 338. The molecule has 0 unspecified atom stereocenters. The number of hydrogen-bond acceptors (Lipinski definition) is 1. The van der Waals surface area contributed by atoms with Gasteiger partial charge >= 0.3 is 6.18 Å². The molecule has 0 radical (unpaired) electrons. The maximum absolute atomic E-state index is 12.2. The van der Waals surface area contributed by atoms with Crippen molar-refractivity contribution in [2.24, 2.45) is 0 Å². The number of hydrogen-bond donors (Lipinski definition) is 1. The number of nitrogens with one attached hydrogen (secondary N) is 1. The van der Waals surface area contributed by atoms with Crippen LogP contribution in [0.2, 0.25) is 0 Å². The van der Waals surface area contributed by atoms with Crippen LogP contribution in [0.1, 0.15) is 28.5 Å². The highest BCUT2D eigenvalue weighted by Crippen LogP contribution is 2.33. The molecule has 0 fully saturated rings. The maximum Gasteiger partial charge on any atom is 0.418 e. The van der Waals surface area contributed by atoms with Crippen LogP contribution in [0.4, 0.5) is 13.2 Å². The number of rotatable bonds is 1. The van der Waals surface area contributed by atoms with Crippen LogP contribution in [0.3, 0.4) is 0 Å². The summed E-state index contributed by atoms with van der Waals surface area (Å²) >= 11 is 0. The van der Waals surface area contributed by atoms with E-state index in [4.69, 9.17) is 0 Å². The van der Waals surface area contributed by atoms with Gasteiger partial charge in [0.05, 0.1) is 5.56 Å². The number of H-pyrrole nitrogens is 1. The molecule has 0 saturated heterocycles. The van der Waals surface area contributed by atoms with Crippen molar-refractivity contribution in [2.45, 2.75) is 20.0 Å². The number of carbonyl (C=O) groups excluding carboxylic acids is 1. The summed E-state index contributed by atoms with van der Waals surface area (Å²) in [6.07, 6.45) is -3.65. The van der Waals surface area contributed by atoms with Crippen LogP contribution in [0.25, 0.3) is 0 Å². The molecular weight excluding hydrogens is 183 g/mol. The van der Waals surface area contributed by atoms with Gasteiger partial charge in [0.25, 0.3) is 0 Å². The third-order valence-electron chi connectivity index (χ3n) is 1.73. The number of halogens is 3. The van der Waals surface area contributed by atoms with Gasteiger partial charge in [-0.1, -0.05) is 0 Å². The van der Waals surface area contributed by atoms with Crippen LogP contribution >= 0.6 is 0 Å². The van der Waals surface area contributed by atoms with Crippen LogP contribution in [-0.4, -0.2) is 10.8 Å². The van der Waals surface area contributed by atoms with Crippen molar-refractivity contribution in [1.29, 1.82) is 0 Å². The summed E-state index contributed by atoms with van der Waals surface area (Å²) in [6.45, 7) is 2.55. The van der Waals surface area contributed by atoms with Gasteiger partial charge in [-0.3, -0.25) is 4.79 Å². The number of alkyl halides is 3. The quantitative estimate of drug-likeness (QED) is 0.680. The molecule has 0 amide bonds. The molecule has 0 spiro atoms. The Labute approximate surface area is 72.8 Å². The number of aromatic amines is 1. The summed E-state index contributed by atoms with van der Waals surface area (Å²) in [4.78, 5) is 13.3. The Kier molecular flexibility index (Phi) is 2.19. The standard InChI is InChI=1S/C8H8F3NO/c1-4-7(5(2)13)6(3-12-4)8(9,10)11/h3,12H,1-2H3. The van der Waals surface area contributed by atoms with E-state index in [-0.39, 0.29) is 11.3 Å². The van der Waals surface area contributed by atoms with Crippen molar-refractivity contribution in [1.82, 2.24) is 4.98 Å². The molecule has 0 aliphatic rings. The number of aromatic nitrogens is 1. The van der Waals surface area contributed by atoms with E-state index in [2.05, 4.69) is 4.98 Å². The van der Waals surface area contributed by atoms with Gasteiger partial charge in [-0.15, -0.1) is 0 Å². The molecule has 1 aromatic heterocycles. The smallest absolute Gasteiger partial charge is 0.364 e. The van der Waals surface area contributed by atoms with E-state index < -0.39 is 17.5 Å². The zero-order chi connectivity index (χ0) is 10.2. The summed E-state index contributed by atoms with van der Waals surface area (Å²) in [5.41, 5.74) is -0.912. The summed E-state index contributed by atoms with van der Waals surface area (Å²) in [5.74, 6) is -0.578. The first-order valence-electron chi connectivity index (χ1n) is 3.60. The van der Waals surface area contributed by atoms with Crippen molar-refractivity contribution in [3.8, 4) is 0 Å². The second-order valence-electron chi connectivity index (χ2n) is 2.76. The molecule has 72 valence electrons. The van der Waals surface area contributed by atoms with Crippen molar-refractivity contribution < 1.29 is 18.0 Å². The Balaban J connectivity index is 3.31. The molecule has 0 atom stereocenters. The van der Waals surface area contributed by atoms with Crippen LogP contribution in [-0.2, 0) is 6.18 Å². The highest BCUT2D eigenvalue weighted by molar-refractivity contribution is 5.96. The molecule has 0 aromatic carbocycles. The first-order chi connectivity index (χ1) is 5.84. The number of ketones is 1. The van der Waals surface area contributed by atoms with Gasteiger partial charge in [0.1, 0.15) is 0 Å². The zero-order valence-electron chi connectivity index (χ0n) is 7.12. The lowest BCUT2D eigenvalue weighted by Crippen LogP contribution is -2.09. The Morgan fingerprint density at radius 2 is 2.00 bits per heavy atom. The summed E-state index contributed by atoms with van der Waals surface area (Å²) in [5, 5.41) is 0. The summed E-state index contributed by atoms with van der Waals surface area (Å²) in [6, 6.07) is 0. The molecule has 0 aliphatic carbocycles. The van der Waals surface area contributed by atoms with Crippen molar-refractivity contribution >= 4 is 5.78 Å². The summed E-state index contributed by atoms with van der Waals surface area (Å²) < 4.78 is 36.7. The predicted molar refractivity (Wildman–Crippen MR) is 40.5 cm³/mol. The Hall–Kier alpha value is -1.26. The van der Waals surface area contributed by atoms with Gasteiger partial charge in [-0.25, -0.2) is 0 Å². The zero-order valence-corrected chi connectivity index (χ0v) is 7.12. The van der Waals surface area contributed by atoms with E-state index in [1.165, 1.54) is 6.92 Å². The van der Waals surface area contributed by atoms with Gasteiger partial charge in [0.2, 0.25) is 0 Å². The lowest BCUT2D eigenvalue weighted by atomic mass is 10.1. The minimum atomic E-state index is -4.47. The third-order valence-corrected chi connectivity index (χ3v) is 1.73. The monoisotopic (exact) mass is 191 g/mol. The van der Waals surface area contributed by atoms with Gasteiger partial charge in [0.15, 0.2) is 5.78 Å². The van der Waals surface area contributed by atoms with Crippen molar-refractivity contribution in [2.75, 3.05) is 0 Å². The molecule has 1 N–H and O–H groups in total. The normalized spacial score (nSPS) is 11.8. The predicted octanol–water partition coefficient (Wildman–Crippen LogP) is 2.54. The SMILES string of the molecule is CC(=O)c1c(C(F)(F)F)c[nH]c1C. The number of aryl methyl sites for hydroxylation is 1. The number of carbonyl (C=O) groups is 1. The number of Topliss-reactive ketones (excluding diaryl/α,β-unsaturated/α-hetero) is 1. The van der Waals surface area contributed by atoms with Gasteiger partial charge in [0, 0.05) is 17.5 Å². The van der Waals surface area contributed by atoms with E-state index in [1.807, 2.05) is 0 Å². The molecule has 13 heavy (non-hydrogen) atoms. The fraction of sp³-hybridized carbons (Fsp3) is 0.375. The van der Waals surface area contributed by atoms with Gasteiger partial charge in [-0.05, 0) is 13.8 Å². The van der Waals surface area contributed by atoms with Crippen LogP contribution in [0.5, 0.6) is 0 Å². The highest BCUT2D eigenvalue weighted by Gasteiger charge is 2.36. The molecule has 0 aliphatic heterocycles. The average Bonchev–Trinajstić information content (AvgIpc) is 2.28. The van der Waals surface area contributed by atoms with E-state index in [1.54, 1.807) is 0 Å². The average molecular weight is 191 g/mol. The van der Waals surface area contributed by atoms with E-state index in [0.717, 1.165) is 13.1 Å².